The van der Waals surface area contributed by atoms with Gasteiger partial charge < -0.3 is 14.9 Å². The van der Waals surface area contributed by atoms with E-state index in [0.717, 1.165) is 10.9 Å². The fourth-order valence-electron chi connectivity index (χ4n) is 1.88. The minimum absolute atomic E-state index is 0.0638. The zero-order valence-corrected chi connectivity index (χ0v) is 10.9. The molecule has 7 heteroatoms. The zero-order valence-electron chi connectivity index (χ0n) is 10.9. The Morgan fingerprint density at radius 1 is 1.53 bits per heavy atom. The maximum Gasteiger partial charge on any atom is 0.343 e. The molecule has 102 valence electrons. The Morgan fingerprint density at radius 3 is 2.79 bits per heavy atom. The van der Waals surface area contributed by atoms with Gasteiger partial charge in [0.15, 0.2) is 5.65 Å². The predicted molar refractivity (Wildman–Crippen MR) is 66.4 cm³/mol. The molecule has 0 saturated carbocycles. The van der Waals surface area contributed by atoms with Gasteiger partial charge in [-0.25, -0.2) is 4.79 Å². The maximum absolute atomic E-state index is 11.5. The Hall–Kier alpha value is -2.31. The summed E-state index contributed by atoms with van der Waals surface area (Å²) in [5.74, 6) is -1.22. The number of carbonyl (C=O) groups excluding carboxylic acids is 1. The van der Waals surface area contributed by atoms with Crippen molar-refractivity contribution in [3.05, 3.63) is 17.3 Å². The molecular weight excluding hydrogens is 250 g/mol. The smallest absolute Gasteiger partial charge is 0.343 e. The molecule has 0 aliphatic rings. The summed E-state index contributed by atoms with van der Waals surface area (Å²) >= 11 is 0. The summed E-state index contributed by atoms with van der Waals surface area (Å²) in [6.07, 6.45) is 1.97. The van der Waals surface area contributed by atoms with Crippen LogP contribution in [0.15, 0.2) is 6.20 Å². The second kappa shape index (κ2) is 4.75. The number of rotatable bonds is 3. The molecular formula is C12H15N3O4. The van der Waals surface area contributed by atoms with Gasteiger partial charge in [0, 0.05) is 0 Å². The highest BCUT2D eigenvalue weighted by Gasteiger charge is 2.23. The summed E-state index contributed by atoms with van der Waals surface area (Å²) in [7, 11) is 1.24. The average Bonchev–Trinajstić information content (AvgIpc) is 2.81. The highest BCUT2D eigenvalue weighted by Crippen LogP contribution is 2.35. The van der Waals surface area contributed by atoms with Crippen molar-refractivity contribution in [1.82, 2.24) is 14.6 Å². The van der Waals surface area contributed by atoms with Crippen molar-refractivity contribution < 1.29 is 19.7 Å². The number of aromatic hydroxyl groups is 2. The van der Waals surface area contributed by atoms with Crippen molar-refractivity contribution >= 4 is 11.6 Å². The summed E-state index contributed by atoms with van der Waals surface area (Å²) in [5.41, 5.74) is 0.465. The molecule has 0 spiro atoms. The van der Waals surface area contributed by atoms with E-state index >= 15 is 0 Å². The highest BCUT2D eigenvalue weighted by atomic mass is 16.5. The lowest BCUT2D eigenvalue weighted by atomic mass is 10.0. The molecule has 1 unspecified atom stereocenters. The first-order valence-corrected chi connectivity index (χ1v) is 5.89. The van der Waals surface area contributed by atoms with E-state index in [1.54, 1.807) is 0 Å². The van der Waals surface area contributed by atoms with Gasteiger partial charge in [-0.2, -0.15) is 14.6 Å². The van der Waals surface area contributed by atoms with Crippen molar-refractivity contribution in [2.75, 3.05) is 7.11 Å². The molecule has 2 N–H and O–H groups in total. The topological polar surface area (TPSA) is 97.0 Å². The SMILES string of the molecule is CCC(C)c1c(O)nc2c(C(=O)OC)cnn2c1O. The van der Waals surface area contributed by atoms with Crippen molar-refractivity contribution in [1.29, 1.82) is 0 Å². The van der Waals surface area contributed by atoms with Crippen LogP contribution in [-0.2, 0) is 4.74 Å². The first-order chi connectivity index (χ1) is 9.01. The van der Waals surface area contributed by atoms with Gasteiger partial charge in [-0.3, -0.25) is 0 Å². The third-order valence-corrected chi connectivity index (χ3v) is 3.15. The monoisotopic (exact) mass is 265 g/mol. The fourth-order valence-corrected chi connectivity index (χ4v) is 1.88. The zero-order chi connectivity index (χ0) is 14.2. The minimum atomic E-state index is -0.627. The molecule has 2 heterocycles. The van der Waals surface area contributed by atoms with E-state index in [1.165, 1.54) is 13.3 Å². The number of carbonyl (C=O) groups is 1. The summed E-state index contributed by atoms with van der Waals surface area (Å²) in [6, 6.07) is 0. The Balaban J connectivity index is 2.71. The number of ether oxygens (including phenoxy) is 1. The molecule has 0 saturated heterocycles. The fraction of sp³-hybridized carbons (Fsp3) is 0.417. The van der Waals surface area contributed by atoms with Crippen LogP contribution in [0.3, 0.4) is 0 Å². The summed E-state index contributed by atoms with van der Waals surface area (Å²) < 4.78 is 5.70. The molecule has 0 radical (unpaired) electrons. The molecule has 0 amide bonds. The lowest BCUT2D eigenvalue weighted by molar-refractivity contribution is 0.0602. The number of fused-ring (bicyclic) bond motifs is 1. The summed E-state index contributed by atoms with van der Waals surface area (Å²) in [6.45, 7) is 3.78. The first kappa shape index (κ1) is 13.1. The number of aromatic nitrogens is 3. The summed E-state index contributed by atoms with van der Waals surface area (Å²) in [5, 5.41) is 24.0. The van der Waals surface area contributed by atoms with Crippen molar-refractivity contribution in [2.24, 2.45) is 0 Å². The van der Waals surface area contributed by atoms with Gasteiger partial charge in [0.05, 0.1) is 18.9 Å². The van der Waals surface area contributed by atoms with Gasteiger partial charge in [0.2, 0.25) is 11.8 Å². The molecule has 0 aliphatic carbocycles. The lowest BCUT2D eigenvalue weighted by Gasteiger charge is -2.13. The van der Waals surface area contributed by atoms with Gasteiger partial charge in [-0.15, -0.1) is 0 Å². The van der Waals surface area contributed by atoms with Crippen LogP contribution in [0.1, 0.15) is 42.1 Å². The Bertz CT molecular complexity index is 635. The Morgan fingerprint density at radius 2 is 2.21 bits per heavy atom. The largest absolute Gasteiger partial charge is 0.493 e. The number of esters is 1. The number of nitrogens with zero attached hydrogens (tertiary/aromatic N) is 3. The van der Waals surface area contributed by atoms with Crippen LogP contribution in [-0.4, -0.2) is 37.9 Å². The first-order valence-electron chi connectivity index (χ1n) is 5.89. The van der Waals surface area contributed by atoms with Crippen molar-refractivity contribution in [3.63, 3.8) is 0 Å². The van der Waals surface area contributed by atoms with Gasteiger partial charge in [-0.05, 0) is 12.3 Å². The molecule has 0 aromatic carbocycles. The highest BCUT2D eigenvalue weighted by molar-refractivity contribution is 5.95. The van der Waals surface area contributed by atoms with Crippen LogP contribution in [0.4, 0.5) is 0 Å². The van der Waals surface area contributed by atoms with E-state index in [9.17, 15) is 15.0 Å². The third kappa shape index (κ3) is 1.96. The second-order valence-corrected chi connectivity index (χ2v) is 4.27. The number of methoxy groups -OCH3 is 1. The van der Waals surface area contributed by atoms with Crippen LogP contribution in [0, 0.1) is 0 Å². The van der Waals surface area contributed by atoms with E-state index in [-0.39, 0.29) is 28.9 Å². The summed E-state index contributed by atoms with van der Waals surface area (Å²) in [4.78, 5) is 15.4. The van der Waals surface area contributed by atoms with Crippen LogP contribution in [0.5, 0.6) is 11.8 Å². The Kier molecular flexibility index (Phi) is 3.28. The van der Waals surface area contributed by atoms with Gasteiger partial charge in [0.1, 0.15) is 5.56 Å². The average molecular weight is 265 g/mol. The third-order valence-electron chi connectivity index (χ3n) is 3.15. The molecule has 2 aromatic rings. The lowest BCUT2D eigenvalue weighted by Crippen LogP contribution is -2.04. The second-order valence-electron chi connectivity index (χ2n) is 4.27. The molecule has 0 aliphatic heterocycles. The molecule has 0 fully saturated rings. The molecule has 2 rings (SSSR count). The van der Waals surface area contributed by atoms with Gasteiger partial charge in [0.25, 0.3) is 0 Å². The van der Waals surface area contributed by atoms with E-state index in [4.69, 9.17) is 0 Å². The number of hydrogen-bond acceptors (Lipinski definition) is 6. The Labute approximate surface area is 109 Å². The normalized spacial score (nSPS) is 12.6. The maximum atomic E-state index is 11.5. The van der Waals surface area contributed by atoms with Crippen LogP contribution in [0.25, 0.3) is 5.65 Å². The van der Waals surface area contributed by atoms with Crippen LogP contribution >= 0.6 is 0 Å². The molecule has 19 heavy (non-hydrogen) atoms. The van der Waals surface area contributed by atoms with Crippen molar-refractivity contribution in [2.45, 2.75) is 26.2 Å². The molecule has 1 atom stereocenters. The molecule has 2 aromatic heterocycles. The van der Waals surface area contributed by atoms with Gasteiger partial charge >= 0.3 is 5.97 Å². The minimum Gasteiger partial charge on any atom is -0.493 e. The van der Waals surface area contributed by atoms with Crippen molar-refractivity contribution in [3.8, 4) is 11.8 Å². The predicted octanol–water partition coefficient (Wildman–Crippen LogP) is 1.44. The molecule has 7 nitrogen and oxygen atoms in total. The standard InChI is InChI=1S/C12H15N3O4/c1-4-6(2)8-10(16)14-9-7(12(18)19-3)5-13-15(9)11(8)17/h5-6,17H,4H2,1-3H3,(H,14,16). The number of hydrogen-bond donors (Lipinski definition) is 2. The molecule has 0 bridgehead atoms. The van der Waals surface area contributed by atoms with E-state index in [2.05, 4.69) is 14.8 Å². The van der Waals surface area contributed by atoms with Gasteiger partial charge in [-0.1, -0.05) is 13.8 Å². The van der Waals surface area contributed by atoms with E-state index in [0.29, 0.717) is 5.56 Å². The van der Waals surface area contributed by atoms with E-state index < -0.39 is 5.97 Å². The van der Waals surface area contributed by atoms with Crippen LogP contribution < -0.4 is 0 Å². The van der Waals surface area contributed by atoms with Crippen LogP contribution in [0.2, 0.25) is 0 Å². The van der Waals surface area contributed by atoms with E-state index in [1.807, 2.05) is 13.8 Å². The quantitative estimate of drug-likeness (QED) is 0.815.